The number of carbonyl (C=O) groups is 2. The number of anilines is 1. The summed E-state index contributed by atoms with van der Waals surface area (Å²) < 4.78 is 10.6. The number of H-pyrrole nitrogens is 1. The third kappa shape index (κ3) is 3.83. The summed E-state index contributed by atoms with van der Waals surface area (Å²) in [4.78, 5) is 28.5. The largest absolute Gasteiger partial charge is 0.495 e. The van der Waals surface area contributed by atoms with Crippen molar-refractivity contribution in [2.24, 2.45) is 0 Å². The van der Waals surface area contributed by atoms with Crippen molar-refractivity contribution in [1.29, 1.82) is 0 Å². The van der Waals surface area contributed by atoms with Gasteiger partial charge in [0, 0.05) is 16.6 Å². The molecule has 6 heteroatoms. The molecule has 1 amide bonds. The van der Waals surface area contributed by atoms with Crippen molar-refractivity contribution in [3.05, 3.63) is 59.3 Å². The molecule has 0 saturated heterocycles. The van der Waals surface area contributed by atoms with Crippen LogP contribution in [-0.2, 0) is 22.4 Å². The van der Waals surface area contributed by atoms with E-state index in [-0.39, 0.29) is 0 Å². The molecule has 1 unspecified atom stereocenters. The van der Waals surface area contributed by atoms with E-state index >= 15 is 0 Å². The van der Waals surface area contributed by atoms with E-state index in [9.17, 15) is 9.59 Å². The van der Waals surface area contributed by atoms with Crippen LogP contribution in [-0.4, -0.2) is 30.1 Å². The van der Waals surface area contributed by atoms with Crippen molar-refractivity contribution in [3.63, 3.8) is 0 Å². The standard InChI is InChI=1S/C23H24N2O4/c1-14(22(26)25-20-9-5-6-10-21(20)28-2)29-23(27)15-11-12-19-17(13-15)16-7-3-4-8-18(16)24-19/h5-6,9-14,24H,3-4,7-8H2,1-2H3,(H,25,26). The SMILES string of the molecule is COc1ccccc1NC(=O)C(C)OC(=O)c1ccc2[nH]c3c(c2c1)CCCC3. The third-order valence-corrected chi connectivity index (χ3v) is 5.35. The van der Waals surface area contributed by atoms with Gasteiger partial charge in [-0.1, -0.05) is 12.1 Å². The number of carbonyl (C=O) groups excluding carboxylic acids is 2. The number of methoxy groups -OCH3 is 1. The molecule has 6 nitrogen and oxygen atoms in total. The van der Waals surface area contributed by atoms with Gasteiger partial charge in [-0.3, -0.25) is 4.79 Å². The summed E-state index contributed by atoms with van der Waals surface area (Å²) in [5.41, 5.74) is 4.57. The van der Waals surface area contributed by atoms with Crippen molar-refractivity contribution in [1.82, 2.24) is 4.98 Å². The molecule has 1 aliphatic carbocycles. The van der Waals surface area contributed by atoms with Crippen molar-refractivity contribution in [2.75, 3.05) is 12.4 Å². The first-order valence-electron chi connectivity index (χ1n) is 9.85. The van der Waals surface area contributed by atoms with Gasteiger partial charge in [-0.2, -0.15) is 0 Å². The zero-order chi connectivity index (χ0) is 20.4. The lowest BCUT2D eigenvalue weighted by molar-refractivity contribution is -0.123. The van der Waals surface area contributed by atoms with Crippen LogP contribution in [0.2, 0.25) is 0 Å². The van der Waals surface area contributed by atoms with Crippen LogP contribution in [0, 0.1) is 0 Å². The van der Waals surface area contributed by atoms with Crippen molar-refractivity contribution >= 4 is 28.5 Å². The van der Waals surface area contributed by atoms with Crippen LogP contribution >= 0.6 is 0 Å². The van der Waals surface area contributed by atoms with Crippen LogP contribution in [0.25, 0.3) is 10.9 Å². The molecule has 1 aliphatic rings. The van der Waals surface area contributed by atoms with Gasteiger partial charge in [0.15, 0.2) is 6.10 Å². The van der Waals surface area contributed by atoms with Gasteiger partial charge < -0.3 is 19.8 Å². The number of para-hydroxylation sites is 2. The maximum atomic E-state index is 12.6. The number of rotatable bonds is 5. The third-order valence-electron chi connectivity index (χ3n) is 5.35. The highest BCUT2D eigenvalue weighted by Gasteiger charge is 2.22. The van der Waals surface area contributed by atoms with Gasteiger partial charge >= 0.3 is 5.97 Å². The average molecular weight is 392 g/mol. The van der Waals surface area contributed by atoms with E-state index in [0.29, 0.717) is 17.0 Å². The molecule has 0 saturated carbocycles. The minimum atomic E-state index is -0.941. The van der Waals surface area contributed by atoms with Gasteiger partial charge in [0.2, 0.25) is 0 Å². The summed E-state index contributed by atoms with van der Waals surface area (Å²) in [5.74, 6) is -0.384. The lowest BCUT2D eigenvalue weighted by Crippen LogP contribution is -2.30. The van der Waals surface area contributed by atoms with Crippen molar-refractivity contribution in [2.45, 2.75) is 38.7 Å². The minimum Gasteiger partial charge on any atom is -0.495 e. The molecular formula is C23H24N2O4. The van der Waals surface area contributed by atoms with Gasteiger partial charge in [0.05, 0.1) is 18.4 Å². The molecule has 2 N–H and O–H groups in total. The fourth-order valence-electron chi connectivity index (χ4n) is 3.80. The lowest BCUT2D eigenvalue weighted by Gasteiger charge is -2.15. The summed E-state index contributed by atoms with van der Waals surface area (Å²) >= 11 is 0. The number of benzene rings is 2. The Kier molecular flexibility index (Phi) is 5.25. The van der Waals surface area contributed by atoms with E-state index < -0.39 is 18.0 Å². The molecule has 150 valence electrons. The van der Waals surface area contributed by atoms with Crippen LogP contribution < -0.4 is 10.1 Å². The molecule has 4 rings (SSSR count). The van der Waals surface area contributed by atoms with E-state index in [2.05, 4.69) is 10.3 Å². The van der Waals surface area contributed by atoms with Crippen LogP contribution in [0.5, 0.6) is 5.75 Å². The molecule has 1 heterocycles. The van der Waals surface area contributed by atoms with E-state index in [1.165, 1.54) is 24.8 Å². The normalized spacial score (nSPS) is 14.1. The number of aromatic nitrogens is 1. The second kappa shape index (κ2) is 7.99. The Hall–Kier alpha value is -3.28. The molecule has 0 bridgehead atoms. The second-order valence-corrected chi connectivity index (χ2v) is 7.29. The topological polar surface area (TPSA) is 80.4 Å². The maximum Gasteiger partial charge on any atom is 0.338 e. The molecule has 29 heavy (non-hydrogen) atoms. The number of aromatic amines is 1. The van der Waals surface area contributed by atoms with E-state index in [0.717, 1.165) is 30.2 Å². The monoisotopic (exact) mass is 392 g/mol. The Balaban J connectivity index is 1.47. The number of ether oxygens (including phenoxy) is 2. The zero-order valence-electron chi connectivity index (χ0n) is 16.6. The summed E-state index contributed by atoms with van der Waals surface area (Å²) in [7, 11) is 1.53. The quantitative estimate of drug-likeness (QED) is 0.637. The van der Waals surface area contributed by atoms with Crippen molar-refractivity contribution in [3.8, 4) is 5.75 Å². The fraction of sp³-hybridized carbons (Fsp3) is 0.304. The first-order valence-corrected chi connectivity index (χ1v) is 9.85. The van der Waals surface area contributed by atoms with Crippen LogP contribution in [0.1, 0.15) is 41.4 Å². The summed E-state index contributed by atoms with van der Waals surface area (Å²) in [6.45, 7) is 1.55. The number of aryl methyl sites for hydroxylation is 2. The number of hydrogen-bond donors (Lipinski definition) is 2. The summed E-state index contributed by atoms with van der Waals surface area (Å²) in [6.07, 6.45) is 3.47. The Morgan fingerprint density at radius 2 is 1.90 bits per heavy atom. The summed E-state index contributed by atoms with van der Waals surface area (Å²) in [6, 6.07) is 12.6. The Bertz CT molecular complexity index is 1070. The molecule has 1 aromatic heterocycles. The molecule has 1 atom stereocenters. The van der Waals surface area contributed by atoms with E-state index in [1.807, 2.05) is 18.2 Å². The Labute approximate surface area is 169 Å². The predicted octanol–water partition coefficient (Wildman–Crippen LogP) is 4.24. The van der Waals surface area contributed by atoms with Gasteiger partial charge in [0.1, 0.15) is 5.75 Å². The molecule has 0 fully saturated rings. The van der Waals surface area contributed by atoms with E-state index in [1.54, 1.807) is 31.2 Å². The highest BCUT2D eigenvalue weighted by molar-refractivity contribution is 6.00. The molecule has 2 aromatic carbocycles. The zero-order valence-corrected chi connectivity index (χ0v) is 16.6. The highest BCUT2D eigenvalue weighted by Crippen LogP contribution is 2.30. The second-order valence-electron chi connectivity index (χ2n) is 7.29. The molecule has 0 aliphatic heterocycles. The van der Waals surface area contributed by atoms with Gasteiger partial charge in [-0.05, 0) is 68.5 Å². The van der Waals surface area contributed by atoms with Crippen LogP contribution in [0.3, 0.4) is 0 Å². The smallest absolute Gasteiger partial charge is 0.338 e. The number of esters is 1. The maximum absolute atomic E-state index is 12.6. The first kappa shape index (κ1) is 19.1. The highest BCUT2D eigenvalue weighted by atomic mass is 16.5. The predicted molar refractivity (Wildman–Crippen MR) is 111 cm³/mol. The average Bonchev–Trinajstić information content (AvgIpc) is 3.12. The van der Waals surface area contributed by atoms with Gasteiger partial charge in [0.25, 0.3) is 5.91 Å². The first-order chi connectivity index (χ1) is 14.1. The van der Waals surface area contributed by atoms with Crippen LogP contribution in [0.15, 0.2) is 42.5 Å². The Morgan fingerprint density at radius 1 is 1.10 bits per heavy atom. The Morgan fingerprint density at radius 3 is 2.72 bits per heavy atom. The number of fused-ring (bicyclic) bond motifs is 3. The van der Waals surface area contributed by atoms with Crippen molar-refractivity contribution < 1.29 is 19.1 Å². The molecule has 0 spiro atoms. The molecule has 0 radical (unpaired) electrons. The molecular weight excluding hydrogens is 368 g/mol. The van der Waals surface area contributed by atoms with Gasteiger partial charge in [-0.25, -0.2) is 4.79 Å². The number of amides is 1. The summed E-state index contributed by atoms with van der Waals surface area (Å²) in [5, 5.41) is 3.81. The fourth-order valence-corrected chi connectivity index (χ4v) is 3.80. The van der Waals surface area contributed by atoms with Gasteiger partial charge in [-0.15, -0.1) is 0 Å². The number of hydrogen-bond acceptors (Lipinski definition) is 4. The number of nitrogens with one attached hydrogen (secondary N) is 2. The molecule has 3 aromatic rings. The minimum absolute atomic E-state index is 0.414. The van der Waals surface area contributed by atoms with Crippen LogP contribution in [0.4, 0.5) is 5.69 Å². The lowest BCUT2D eigenvalue weighted by atomic mass is 9.95. The van der Waals surface area contributed by atoms with E-state index in [4.69, 9.17) is 9.47 Å².